The number of benzene rings is 3. The molecule has 1 aromatic heterocycles. The first-order chi connectivity index (χ1) is 21.1. The Kier molecular flexibility index (Phi) is 9.73. The van der Waals surface area contributed by atoms with Crippen LogP contribution in [0.5, 0.6) is 0 Å². The molecule has 0 radical (unpaired) electrons. The summed E-state index contributed by atoms with van der Waals surface area (Å²) in [5.74, 6) is 0.0262. The van der Waals surface area contributed by atoms with Crippen LogP contribution in [0.2, 0.25) is 5.04 Å². The second-order valence-corrected chi connectivity index (χ2v) is 16.8. The fourth-order valence-corrected chi connectivity index (χ4v) is 10.4. The molecule has 4 aromatic rings. The summed E-state index contributed by atoms with van der Waals surface area (Å²) < 4.78 is 0. The molecular formula is C36H40N4O2SSi. The standard InChI is InChI=1S/C36H40N4O2SSi/c1-36(2,3)44(27-14-8-5-9-15-27)31-17-11-10-16-28(31)34(42)25-21-29(39-23-24-18-19-38-32(37)20-24)33(30(41)22-25)35(43)40-26-12-6-4-7-13-26/h4-20,25,34,39,42,44H,21-23H2,1-3H3,(H2,37,38)(H,40,43). The zero-order valence-corrected chi connectivity index (χ0v) is 27.4. The van der Waals surface area contributed by atoms with Gasteiger partial charge in [-0.3, -0.25) is 4.79 Å². The van der Waals surface area contributed by atoms with Crippen molar-refractivity contribution < 1.29 is 9.90 Å². The normalized spacial score (nSPS) is 16.7. The molecule has 0 saturated carbocycles. The highest BCUT2D eigenvalue weighted by Crippen LogP contribution is 2.37. The fourth-order valence-electron chi connectivity index (χ4n) is 6.21. The van der Waals surface area contributed by atoms with Crippen LogP contribution < -0.4 is 26.7 Å². The van der Waals surface area contributed by atoms with Crippen LogP contribution in [0, 0.1) is 5.92 Å². The van der Waals surface area contributed by atoms with Crippen molar-refractivity contribution in [1.29, 1.82) is 0 Å². The van der Waals surface area contributed by atoms with Crippen LogP contribution in [-0.2, 0) is 11.3 Å². The molecule has 0 spiro atoms. The number of hydrogen-bond acceptors (Lipinski definition) is 6. The third kappa shape index (κ3) is 7.33. The number of aliphatic hydroxyl groups is 1. The molecule has 1 heterocycles. The van der Waals surface area contributed by atoms with Gasteiger partial charge in [0.1, 0.15) is 19.6 Å². The van der Waals surface area contributed by atoms with E-state index in [1.54, 1.807) is 6.20 Å². The molecule has 0 aliphatic heterocycles. The molecule has 3 unspecified atom stereocenters. The molecule has 3 aromatic carbocycles. The largest absolute Gasteiger partial charge is 0.388 e. The van der Waals surface area contributed by atoms with E-state index in [-0.39, 0.29) is 23.2 Å². The predicted octanol–water partition coefficient (Wildman–Crippen LogP) is 5.30. The molecule has 1 aliphatic rings. The summed E-state index contributed by atoms with van der Waals surface area (Å²) in [6.45, 7) is 7.30. The Morgan fingerprint density at radius 2 is 1.66 bits per heavy atom. The van der Waals surface area contributed by atoms with E-state index < -0.39 is 14.9 Å². The molecule has 1 aliphatic carbocycles. The van der Waals surface area contributed by atoms with Crippen molar-refractivity contribution in [2.45, 2.75) is 51.3 Å². The summed E-state index contributed by atoms with van der Waals surface area (Å²) in [4.78, 5) is 18.4. The second-order valence-electron chi connectivity index (χ2n) is 12.5. The zero-order chi connectivity index (χ0) is 31.3. The lowest BCUT2D eigenvalue weighted by molar-refractivity contribution is -0.117. The van der Waals surface area contributed by atoms with Crippen LogP contribution in [0.25, 0.3) is 0 Å². The average molecular weight is 621 g/mol. The predicted molar refractivity (Wildman–Crippen MR) is 187 cm³/mol. The Balaban J connectivity index is 1.49. The molecule has 226 valence electrons. The molecule has 5 rings (SSSR count). The van der Waals surface area contributed by atoms with Gasteiger partial charge < -0.3 is 21.5 Å². The smallest absolute Gasteiger partial charge is 0.167 e. The number of para-hydroxylation sites is 1. The SMILES string of the molecule is CC(C)(C)[SiH](c1ccccc1)c1ccccc1C(O)C1CC(=O)C(C(=S)Nc2ccccc2)=C(NCc2ccnc(N)c2)C1. The van der Waals surface area contributed by atoms with Crippen molar-refractivity contribution >= 4 is 53.7 Å². The Morgan fingerprint density at radius 3 is 2.34 bits per heavy atom. The van der Waals surface area contributed by atoms with Gasteiger partial charge in [-0.05, 0) is 46.9 Å². The van der Waals surface area contributed by atoms with E-state index in [0.717, 1.165) is 22.5 Å². The van der Waals surface area contributed by atoms with Gasteiger partial charge in [0.2, 0.25) is 0 Å². The van der Waals surface area contributed by atoms with Crippen molar-refractivity contribution in [3.05, 3.63) is 126 Å². The molecule has 3 atom stereocenters. The minimum atomic E-state index is -1.77. The van der Waals surface area contributed by atoms with Crippen LogP contribution >= 0.6 is 12.2 Å². The highest BCUT2D eigenvalue weighted by molar-refractivity contribution is 7.81. The van der Waals surface area contributed by atoms with Gasteiger partial charge >= 0.3 is 0 Å². The third-order valence-electron chi connectivity index (χ3n) is 8.18. The molecule has 6 nitrogen and oxygen atoms in total. The lowest BCUT2D eigenvalue weighted by Gasteiger charge is -2.35. The second kappa shape index (κ2) is 13.7. The van der Waals surface area contributed by atoms with Crippen molar-refractivity contribution in [2.24, 2.45) is 5.92 Å². The van der Waals surface area contributed by atoms with Gasteiger partial charge in [0.15, 0.2) is 5.78 Å². The average Bonchev–Trinajstić information content (AvgIpc) is 3.00. The minimum absolute atomic E-state index is 0.0288. The summed E-state index contributed by atoms with van der Waals surface area (Å²) in [6.07, 6.45) is 1.52. The van der Waals surface area contributed by atoms with Crippen LogP contribution in [-0.4, -0.2) is 29.7 Å². The summed E-state index contributed by atoms with van der Waals surface area (Å²) in [5, 5.41) is 21.3. The summed E-state index contributed by atoms with van der Waals surface area (Å²) in [5.41, 5.74) is 9.78. The maximum absolute atomic E-state index is 13.9. The van der Waals surface area contributed by atoms with Crippen molar-refractivity contribution in [1.82, 2.24) is 10.3 Å². The maximum Gasteiger partial charge on any atom is 0.167 e. The van der Waals surface area contributed by atoms with Crippen LogP contribution in [0.4, 0.5) is 11.5 Å². The number of Topliss-reactive ketones (excluding diaryl/α,β-unsaturated/α-hetero) is 1. The fraction of sp³-hybridized carbons (Fsp3) is 0.250. The number of anilines is 2. The molecule has 0 amide bonds. The number of rotatable bonds is 9. The van der Waals surface area contributed by atoms with Crippen molar-refractivity contribution in [3.63, 3.8) is 0 Å². The van der Waals surface area contributed by atoms with E-state index in [4.69, 9.17) is 18.0 Å². The van der Waals surface area contributed by atoms with E-state index in [0.29, 0.717) is 29.3 Å². The summed E-state index contributed by atoms with van der Waals surface area (Å²) in [7, 11) is -1.77. The van der Waals surface area contributed by atoms with Crippen LogP contribution in [0.3, 0.4) is 0 Å². The number of nitrogens with zero attached hydrogens (tertiary/aromatic N) is 1. The lowest BCUT2D eigenvalue weighted by Crippen LogP contribution is -2.51. The number of nitrogens with one attached hydrogen (secondary N) is 2. The number of allylic oxidation sites excluding steroid dienone is 1. The molecule has 0 fully saturated rings. The summed E-state index contributed by atoms with van der Waals surface area (Å²) in [6, 6.07) is 32.2. The number of carbonyl (C=O) groups is 1. The third-order valence-corrected chi connectivity index (χ3v) is 12.4. The topological polar surface area (TPSA) is 100 Å². The maximum atomic E-state index is 13.9. The van der Waals surface area contributed by atoms with Gasteiger partial charge in [-0.15, -0.1) is 0 Å². The minimum Gasteiger partial charge on any atom is -0.388 e. The van der Waals surface area contributed by atoms with Crippen LogP contribution in [0.1, 0.15) is 50.8 Å². The van der Waals surface area contributed by atoms with Gasteiger partial charge in [-0.2, -0.15) is 0 Å². The Labute approximate surface area is 267 Å². The van der Waals surface area contributed by atoms with E-state index in [2.05, 4.69) is 72.8 Å². The Hall–Kier alpha value is -4.11. The number of carbonyl (C=O) groups excluding carboxylic acids is 1. The number of nitrogens with two attached hydrogens (primary N) is 1. The van der Waals surface area contributed by atoms with Gasteiger partial charge in [0.05, 0.1) is 11.7 Å². The Morgan fingerprint density at radius 1 is 1.00 bits per heavy atom. The zero-order valence-electron chi connectivity index (χ0n) is 25.5. The number of pyridine rings is 1. The van der Waals surface area contributed by atoms with Crippen molar-refractivity contribution in [2.75, 3.05) is 11.1 Å². The number of hydrogen-bond donors (Lipinski definition) is 4. The Bertz CT molecular complexity index is 1650. The van der Waals surface area contributed by atoms with E-state index in [9.17, 15) is 9.90 Å². The first-order valence-electron chi connectivity index (χ1n) is 15.0. The number of thiocarbonyl (C=S) groups is 1. The molecule has 5 N–H and O–H groups in total. The highest BCUT2D eigenvalue weighted by Gasteiger charge is 2.37. The quantitative estimate of drug-likeness (QED) is 0.149. The molecule has 8 heteroatoms. The number of aliphatic hydroxyl groups excluding tert-OH is 1. The molecule has 0 saturated heterocycles. The van der Waals surface area contributed by atoms with Gasteiger partial charge in [-0.1, -0.05) is 116 Å². The highest BCUT2D eigenvalue weighted by atomic mass is 32.1. The summed E-state index contributed by atoms with van der Waals surface area (Å²) >= 11 is 5.79. The van der Waals surface area contributed by atoms with Crippen molar-refractivity contribution in [3.8, 4) is 0 Å². The molecular weight excluding hydrogens is 581 g/mol. The van der Waals surface area contributed by atoms with Gasteiger partial charge in [0, 0.05) is 36.5 Å². The number of ketones is 1. The van der Waals surface area contributed by atoms with Crippen LogP contribution in [0.15, 0.2) is 115 Å². The molecule has 0 bridgehead atoms. The number of aromatic nitrogens is 1. The monoisotopic (exact) mass is 620 g/mol. The first kappa shape index (κ1) is 31.3. The number of nitrogen functional groups attached to an aromatic ring is 1. The first-order valence-corrected chi connectivity index (χ1v) is 17.1. The van der Waals surface area contributed by atoms with Gasteiger partial charge in [-0.25, -0.2) is 4.98 Å². The van der Waals surface area contributed by atoms with E-state index >= 15 is 0 Å². The van der Waals surface area contributed by atoms with E-state index in [1.165, 1.54) is 10.4 Å². The molecule has 44 heavy (non-hydrogen) atoms. The van der Waals surface area contributed by atoms with Gasteiger partial charge in [0.25, 0.3) is 0 Å². The lowest BCUT2D eigenvalue weighted by atomic mass is 9.80. The van der Waals surface area contributed by atoms with E-state index in [1.807, 2.05) is 60.7 Å².